The first-order valence-corrected chi connectivity index (χ1v) is 9.29. The van der Waals surface area contributed by atoms with Crippen molar-refractivity contribution in [2.24, 2.45) is 0 Å². The van der Waals surface area contributed by atoms with Crippen molar-refractivity contribution in [1.82, 2.24) is 19.4 Å². The molecule has 1 saturated heterocycles. The maximum atomic E-state index is 12.9. The third-order valence-corrected chi connectivity index (χ3v) is 4.79. The number of amides is 1. The summed E-state index contributed by atoms with van der Waals surface area (Å²) in [5, 5.41) is 0. The van der Waals surface area contributed by atoms with Crippen LogP contribution >= 0.6 is 0 Å². The van der Waals surface area contributed by atoms with E-state index in [0.717, 1.165) is 25.1 Å². The zero-order valence-corrected chi connectivity index (χ0v) is 15.7. The molecular formula is C21H22N4O3. The van der Waals surface area contributed by atoms with E-state index in [1.54, 1.807) is 12.4 Å². The first-order valence-electron chi connectivity index (χ1n) is 9.29. The van der Waals surface area contributed by atoms with Gasteiger partial charge in [0.1, 0.15) is 6.10 Å². The standard InChI is InChI=1S/C21H22N4O3/c1-27-19-20(23-11-10-22-19)28-18-5-4-14-25(15-18)21(26)16-6-8-17(9-7-16)24-12-2-3-13-24/h2-3,6-13,18H,4-5,14-15H2,1H3. The van der Waals surface area contributed by atoms with Crippen molar-refractivity contribution in [2.75, 3.05) is 20.2 Å². The molecule has 1 aliphatic rings. The molecule has 1 aromatic carbocycles. The van der Waals surface area contributed by atoms with Gasteiger partial charge in [-0.05, 0) is 49.2 Å². The van der Waals surface area contributed by atoms with Gasteiger partial charge in [0.15, 0.2) is 0 Å². The molecule has 28 heavy (non-hydrogen) atoms. The van der Waals surface area contributed by atoms with Crippen LogP contribution in [0.25, 0.3) is 5.69 Å². The number of rotatable bonds is 5. The fourth-order valence-electron chi connectivity index (χ4n) is 3.38. The highest BCUT2D eigenvalue weighted by atomic mass is 16.5. The molecule has 4 rings (SSSR count). The predicted molar refractivity (Wildman–Crippen MR) is 104 cm³/mol. The van der Waals surface area contributed by atoms with Gasteiger partial charge in [-0.15, -0.1) is 0 Å². The van der Waals surface area contributed by atoms with Crippen molar-refractivity contribution in [3.63, 3.8) is 0 Å². The SMILES string of the molecule is COc1nccnc1OC1CCCN(C(=O)c2ccc(-n3cccc3)cc2)C1. The second kappa shape index (κ2) is 8.12. The van der Waals surface area contributed by atoms with Gasteiger partial charge in [0.05, 0.1) is 13.7 Å². The summed E-state index contributed by atoms with van der Waals surface area (Å²) in [6.07, 6.45) is 8.67. The monoisotopic (exact) mass is 378 g/mol. The number of ether oxygens (including phenoxy) is 2. The van der Waals surface area contributed by atoms with Crippen molar-refractivity contribution in [3.05, 3.63) is 66.7 Å². The van der Waals surface area contributed by atoms with Crippen LogP contribution in [0.1, 0.15) is 23.2 Å². The van der Waals surface area contributed by atoms with Crippen molar-refractivity contribution in [1.29, 1.82) is 0 Å². The second-order valence-corrected chi connectivity index (χ2v) is 6.64. The van der Waals surface area contributed by atoms with E-state index >= 15 is 0 Å². The first kappa shape index (κ1) is 18.0. The summed E-state index contributed by atoms with van der Waals surface area (Å²) in [6.45, 7) is 1.23. The average molecular weight is 378 g/mol. The number of nitrogens with zero attached hydrogens (tertiary/aromatic N) is 4. The molecule has 0 N–H and O–H groups in total. The van der Waals surface area contributed by atoms with E-state index in [1.807, 2.05) is 58.3 Å². The molecule has 1 fully saturated rings. The number of carbonyl (C=O) groups excluding carboxylic acids is 1. The Hall–Kier alpha value is -3.35. The van der Waals surface area contributed by atoms with E-state index in [9.17, 15) is 4.79 Å². The number of methoxy groups -OCH3 is 1. The predicted octanol–water partition coefficient (Wildman–Crippen LogP) is 2.96. The van der Waals surface area contributed by atoms with Crippen LogP contribution < -0.4 is 9.47 Å². The molecule has 0 radical (unpaired) electrons. The highest BCUT2D eigenvalue weighted by Gasteiger charge is 2.27. The second-order valence-electron chi connectivity index (χ2n) is 6.64. The molecule has 7 nitrogen and oxygen atoms in total. The highest BCUT2D eigenvalue weighted by Crippen LogP contribution is 2.24. The van der Waals surface area contributed by atoms with Gasteiger partial charge in [-0.2, -0.15) is 0 Å². The molecule has 2 aromatic heterocycles. The molecule has 1 aliphatic heterocycles. The summed E-state index contributed by atoms with van der Waals surface area (Å²) in [4.78, 5) is 23.1. The zero-order chi connectivity index (χ0) is 19.3. The summed E-state index contributed by atoms with van der Waals surface area (Å²) >= 11 is 0. The maximum Gasteiger partial charge on any atom is 0.278 e. The summed E-state index contributed by atoms with van der Waals surface area (Å²) < 4.78 is 13.2. The third kappa shape index (κ3) is 3.83. The minimum atomic E-state index is -0.137. The van der Waals surface area contributed by atoms with E-state index < -0.39 is 0 Å². The summed E-state index contributed by atoms with van der Waals surface area (Å²) in [7, 11) is 1.53. The molecule has 0 saturated carbocycles. The molecule has 1 unspecified atom stereocenters. The summed E-state index contributed by atoms with van der Waals surface area (Å²) in [5.41, 5.74) is 1.70. The van der Waals surface area contributed by atoms with Crippen LogP contribution in [0.5, 0.6) is 11.8 Å². The van der Waals surface area contributed by atoms with Crippen LogP contribution in [0.4, 0.5) is 0 Å². The maximum absolute atomic E-state index is 12.9. The third-order valence-electron chi connectivity index (χ3n) is 4.79. The van der Waals surface area contributed by atoms with Crippen molar-refractivity contribution in [3.8, 4) is 17.4 Å². The molecule has 3 aromatic rings. The Morgan fingerprint density at radius 1 is 1.07 bits per heavy atom. The lowest BCUT2D eigenvalue weighted by atomic mass is 10.1. The topological polar surface area (TPSA) is 69.5 Å². The molecule has 0 spiro atoms. The van der Waals surface area contributed by atoms with E-state index in [4.69, 9.17) is 9.47 Å². The molecule has 1 atom stereocenters. The van der Waals surface area contributed by atoms with Gasteiger partial charge >= 0.3 is 0 Å². The van der Waals surface area contributed by atoms with Crippen LogP contribution in [-0.4, -0.2) is 51.6 Å². The minimum absolute atomic E-state index is 0.0125. The number of aromatic nitrogens is 3. The van der Waals surface area contributed by atoms with Gasteiger partial charge in [0.2, 0.25) is 0 Å². The van der Waals surface area contributed by atoms with Gasteiger partial charge in [-0.1, -0.05) is 0 Å². The van der Waals surface area contributed by atoms with E-state index in [2.05, 4.69) is 9.97 Å². The number of hydrogen-bond acceptors (Lipinski definition) is 5. The minimum Gasteiger partial charge on any atom is -0.477 e. The highest BCUT2D eigenvalue weighted by molar-refractivity contribution is 5.94. The van der Waals surface area contributed by atoms with Crippen LogP contribution in [0, 0.1) is 0 Å². The average Bonchev–Trinajstić information content (AvgIpc) is 3.29. The Bertz CT molecular complexity index is 925. The molecular weight excluding hydrogens is 356 g/mol. The Balaban J connectivity index is 1.43. The quantitative estimate of drug-likeness (QED) is 0.683. The molecule has 7 heteroatoms. The number of carbonyl (C=O) groups is 1. The van der Waals surface area contributed by atoms with Gasteiger partial charge in [0, 0.05) is 42.6 Å². The fourth-order valence-corrected chi connectivity index (χ4v) is 3.38. The molecule has 1 amide bonds. The Morgan fingerprint density at radius 3 is 2.50 bits per heavy atom. The summed E-state index contributed by atoms with van der Waals surface area (Å²) in [5.74, 6) is 0.727. The largest absolute Gasteiger partial charge is 0.477 e. The number of hydrogen-bond donors (Lipinski definition) is 0. The van der Waals surface area contributed by atoms with E-state index in [0.29, 0.717) is 23.9 Å². The van der Waals surface area contributed by atoms with Crippen LogP contribution in [0.15, 0.2) is 61.2 Å². The van der Waals surface area contributed by atoms with Gasteiger partial charge in [-0.3, -0.25) is 4.79 Å². The summed E-state index contributed by atoms with van der Waals surface area (Å²) in [6, 6.07) is 11.6. The molecule has 144 valence electrons. The van der Waals surface area contributed by atoms with Crippen molar-refractivity contribution >= 4 is 5.91 Å². The van der Waals surface area contributed by atoms with E-state index in [-0.39, 0.29) is 12.0 Å². The zero-order valence-electron chi connectivity index (χ0n) is 15.7. The molecule has 0 aliphatic carbocycles. The Labute approximate surface area is 163 Å². The van der Waals surface area contributed by atoms with E-state index in [1.165, 1.54) is 7.11 Å². The first-order chi connectivity index (χ1) is 13.7. The Morgan fingerprint density at radius 2 is 1.79 bits per heavy atom. The number of benzene rings is 1. The van der Waals surface area contributed by atoms with Crippen LogP contribution in [0.2, 0.25) is 0 Å². The van der Waals surface area contributed by atoms with Crippen molar-refractivity contribution in [2.45, 2.75) is 18.9 Å². The lowest BCUT2D eigenvalue weighted by molar-refractivity contribution is 0.0519. The van der Waals surface area contributed by atoms with Crippen molar-refractivity contribution < 1.29 is 14.3 Å². The fraction of sp³-hybridized carbons (Fsp3) is 0.286. The normalized spacial score (nSPS) is 16.6. The van der Waals surface area contributed by atoms with Gasteiger partial charge < -0.3 is 18.9 Å². The van der Waals surface area contributed by atoms with Crippen LogP contribution in [-0.2, 0) is 0 Å². The molecule has 0 bridgehead atoms. The van der Waals surface area contributed by atoms with Gasteiger partial charge in [0.25, 0.3) is 17.7 Å². The number of likely N-dealkylation sites (tertiary alicyclic amines) is 1. The Kier molecular flexibility index (Phi) is 5.23. The van der Waals surface area contributed by atoms with Crippen LogP contribution in [0.3, 0.4) is 0 Å². The lowest BCUT2D eigenvalue weighted by Crippen LogP contribution is -2.44. The number of piperidine rings is 1. The molecule has 3 heterocycles. The smallest absolute Gasteiger partial charge is 0.278 e. The van der Waals surface area contributed by atoms with Gasteiger partial charge in [-0.25, -0.2) is 9.97 Å². The lowest BCUT2D eigenvalue weighted by Gasteiger charge is -2.32.